The highest BCUT2D eigenvalue weighted by Gasteiger charge is 2.11. The van der Waals surface area contributed by atoms with Gasteiger partial charge in [0.05, 0.1) is 5.69 Å². The molecule has 0 fully saturated rings. The number of aliphatic hydroxyl groups excluding tert-OH is 2. The lowest BCUT2D eigenvalue weighted by molar-refractivity contribution is 0.141. The van der Waals surface area contributed by atoms with Gasteiger partial charge in [-0.15, -0.1) is 0 Å². The first-order chi connectivity index (χ1) is 10.2. The molecule has 2 N–H and O–H groups in total. The minimum absolute atomic E-state index is 0.00304. The molecule has 1 aromatic heterocycles. The Kier molecular flexibility index (Phi) is 5.96. The van der Waals surface area contributed by atoms with Gasteiger partial charge in [-0.25, -0.2) is 4.98 Å². The molecule has 0 aliphatic heterocycles. The van der Waals surface area contributed by atoms with Crippen molar-refractivity contribution < 1.29 is 14.6 Å². The molecule has 21 heavy (non-hydrogen) atoms. The Hall–Kier alpha value is -1.65. The third kappa shape index (κ3) is 4.41. The summed E-state index contributed by atoms with van der Waals surface area (Å²) >= 11 is 0. The van der Waals surface area contributed by atoms with Crippen LogP contribution in [0.4, 0.5) is 0 Å². The highest BCUT2D eigenvalue weighted by atomic mass is 16.4. The molecule has 2 aromatic rings. The summed E-state index contributed by atoms with van der Waals surface area (Å²) < 4.78 is 5.73. The van der Waals surface area contributed by atoms with Gasteiger partial charge in [0.25, 0.3) is 0 Å². The molecule has 0 bridgehead atoms. The van der Waals surface area contributed by atoms with E-state index in [-0.39, 0.29) is 19.1 Å². The van der Waals surface area contributed by atoms with E-state index in [4.69, 9.17) is 14.6 Å². The fraction of sp³-hybridized carbons (Fsp3) is 0.471. The minimum atomic E-state index is 0.00304. The Morgan fingerprint density at radius 3 is 2.48 bits per heavy atom. The van der Waals surface area contributed by atoms with E-state index < -0.39 is 0 Å². The van der Waals surface area contributed by atoms with Gasteiger partial charge in [-0.3, -0.25) is 0 Å². The number of aryl methyl sites for hydroxylation is 2. The Bertz CT molecular complexity index is 532. The smallest absolute Gasteiger partial charge is 0.226 e. The van der Waals surface area contributed by atoms with Gasteiger partial charge in [-0.05, 0) is 38.3 Å². The van der Waals surface area contributed by atoms with Crippen LogP contribution >= 0.6 is 0 Å². The van der Waals surface area contributed by atoms with Gasteiger partial charge in [-0.2, -0.15) is 0 Å². The van der Waals surface area contributed by atoms with Crippen LogP contribution in [0.3, 0.4) is 0 Å². The predicted octanol–water partition coefficient (Wildman–Crippen LogP) is 2.96. The van der Waals surface area contributed by atoms with Gasteiger partial charge >= 0.3 is 0 Å². The normalized spacial score (nSPS) is 11.2. The average molecular weight is 289 g/mol. The molecule has 2 rings (SSSR count). The number of nitrogens with zero attached hydrogens (tertiary/aromatic N) is 1. The van der Waals surface area contributed by atoms with Crippen LogP contribution in [-0.2, 0) is 6.42 Å². The summed E-state index contributed by atoms with van der Waals surface area (Å²) in [5.41, 5.74) is 1.99. The summed E-state index contributed by atoms with van der Waals surface area (Å²) in [6.07, 6.45) is 3.66. The van der Waals surface area contributed by atoms with Crippen LogP contribution in [0.1, 0.15) is 30.7 Å². The van der Waals surface area contributed by atoms with E-state index in [0.29, 0.717) is 5.89 Å². The van der Waals surface area contributed by atoms with Crippen molar-refractivity contribution >= 4 is 0 Å². The van der Waals surface area contributed by atoms with Crippen molar-refractivity contribution in [2.45, 2.75) is 32.6 Å². The number of benzene rings is 1. The number of aromatic nitrogens is 1. The van der Waals surface area contributed by atoms with Crippen molar-refractivity contribution in [1.82, 2.24) is 4.98 Å². The summed E-state index contributed by atoms with van der Waals surface area (Å²) in [5, 5.41) is 18.1. The Balaban J connectivity index is 1.88. The van der Waals surface area contributed by atoms with E-state index in [2.05, 4.69) is 4.98 Å². The van der Waals surface area contributed by atoms with Crippen LogP contribution in [0.5, 0.6) is 0 Å². The molecule has 0 aliphatic carbocycles. The quantitative estimate of drug-likeness (QED) is 0.733. The summed E-state index contributed by atoms with van der Waals surface area (Å²) in [4.78, 5) is 4.57. The number of unbranched alkanes of at least 4 members (excludes halogenated alkanes) is 1. The number of hydrogen-bond acceptors (Lipinski definition) is 4. The molecule has 1 heterocycles. The maximum Gasteiger partial charge on any atom is 0.226 e. The zero-order valence-corrected chi connectivity index (χ0v) is 12.5. The summed E-state index contributed by atoms with van der Waals surface area (Å²) in [6.45, 7) is 2.05. The Labute approximate surface area is 125 Å². The maximum atomic E-state index is 9.03. The number of oxazole rings is 1. The van der Waals surface area contributed by atoms with E-state index in [1.807, 2.05) is 37.3 Å². The van der Waals surface area contributed by atoms with Gasteiger partial charge in [0, 0.05) is 24.7 Å². The molecule has 114 valence electrons. The molecule has 0 aliphatic rings. The number of aliphatic hydroxyl groups is 2. The van der Waals surface area contributed by atoms with Crippen LogP contribution in [0.25, 0.3) is 11.5 Å². The third-order valence-electron chi connectivity index (χ3n) is 3.71. The molecule has 0 unspecified atom stereocenters. The number of rotatable bonds is 8. The van der Waals surface area contributed by atoms with Crippen molar-refractivity contribution in [1.29, 1.82) is 0 Å². The predicted molar refractivity (Wildman–Crippen MR) is 81.9 cm³/mol. The SMILES string of the molecule is Cc1oc(-c2ccccc2)nc1CCCCC(CO)CO. The van der Waals surface area contributed by atoms with Gasteiger partial charge in [-0.1, -0.05) is 24.6 Å². The standard InChI is InChI=1S/C17H23NO3/c1-13-16(10-6-5-7-14(11-19)12-20)18-17(21-13)15-8-3-2-4-9-15/h2-4,8-9,14,19-20H,5-7,10-12H2,1H3. The summed E-state index contributed by atoms with van der Waals surface area (Å²) in [6, 6.07) is 9.89. The largest absolute Gasteiger partial charge is 0.441 e. The van der Waals surface area contributed by atoms with E-state index in [1.165, 1.54) is 0 Å². The van der Waals surface area contributed by atoms with Crippen LogP contribution in [0.2, 0.25) is 0 Å². The first kappa shape index (κ1) is 15.7. The molecule has 1 aromatic carbocycles. The van der Waals surface area contributed by atoms with Gasteiger partial charge in [0.1, 0.15) is 5.76 Å². The fourth-order valence-electron chi connectivity index (χ4n) is 2.33. The monoisotopic (exact) mass is 289 g/mol. The van der Waals surface area contributed by atoms with Crippen molar-refractivity contribution in [3.63, 3.8) is 0 Å². The van der Waals surface area contributed by atoms with Gasteiger partial charge < -0.3 is 14.6 Å². The second-order valence-corrected chi connectivity index (χ2v) is 5.36. The molecule has 4 nitrogen and oxygen atoms in total. The van der Waals surface area contributed by atoms with Gasteiger partial charge in [0.2, 0.25) is 5.89 Å². The molecule has 0 saturated heterocycles. The van der Waals surface area contributed by atoms with E-state index in [1.54, 1.807) is 0 Å². The highest BCUT2D eigenvalue weighted by Crippen LogP contribution is 2.22. The van der Waals surface area contributed by atoms with Crippen molar-refractivity contribution in [3.8, 4) is 11.5 Å². The zero-order chi connectivity index (χ0) is 15.1. The Morgan fingerprint density at radius 1 is 1.10 bits per heavy atom. The van der Waals surface area contributed by atoms with Crippen molar-refractivity contribution in [3.05, 3.63) is 41.8 Å². The van der Waals surface area contributed by atoms with Crippen molar-refractivity contribution in [2.24, 2.45) is 5.92 Å². The molecular formula is C17H23NO3. The van der Waals surface area contributed by atoms with Crippen LogP contribution in [0.15, 0.2) is 34.7 Å². The maximum absolute atomic E-state index is 9.03. The molecule has 0 atom stereocenters. The Morgan fingerprint density at radius 2 is 1.81 bits per heavy atom. The van der Waals surface area contributed by atoms with E-state index in [0.717, 1.165) is 42.7 Å². The van der Waals surface area contributed by atoms with Crippen molar-refractivity contribution in [2.75, 3.05) is 13.2 Å². The molecule has 0 saturated carbocycles. The molecule has 0 spiro atoms. The number of hydrogen-bond donors (Lipinski definition) is 2. The van der Waals surface area contributed by atoms with Crippen LogP contribution in [-0.4, -0.2) is 28.4 Å². The topological polar surface area (TPSA) is 66.5 Å². The summed E-state index contributed by atoms with van der Waals surface area (Å²) in [7, 11) is 0. The second kappa shape index (κ2) is 7.96. The first-order valence-electron chi connectivity index (χ1n) is 7.48. The fourth-order valence-corrected chi connectivity index (χ4v) is 2.33. The van der Waals surface area contributed by atoms with E-state index in [9.17, 15) is 0 Å². The lowest BCUT2D eigenvalue weighted by Crippen LogP contribution is -2.10. The second-order valence-electron chi connectivity index (χ2n) is 5.36. The molecule has 4 heteroatoms. The third-order valence-corrected chi connectivity index (χ3v) is 3.71. The van der Waals surface area contributed by atoms with Gasteiger partial charge in [0.15, 0.2) is 0 Å². The van der Waals surface area contributed by atoms with Crippen LogP contribution in [0, 0.1) is 12.8 Å². The minimum Gasteiger partial charge on any atom is -0.441 e. The highest BCUT2D eigenvalue weighted by molar-refractivity contribution is 5.53. The average Bonchev–Trinajstić information content (AvgIpc) is 2.89. The zero-order valence-electron chi connectivity index (χ0n) is 12.5. The van der Waals surface area contributed by atoms with Crippen LogP contribution < -0.4 is 0 Å². The molecule has 0 radical (unpaired) electrons. The molecule has 0 amide bonds. The lowest BCUT2D eigenvalue weighted by atomic mass is 10.0. The lowest BCUT2D eigenvalue weighted by Gasteiger charge is -2.09. The summed E-state index contributed by atoms with van der Waals surface area (Å²) in [5.74, 6) is 1.55. The molecular weight excluding hydrogens is 266 g/mol. The first-order valence-corrected chi connectivity index (χ1v) is 7.48. The van der Waals surface area contributed by atoms with E-state index >= 15 is 0 Å².